The van der Waals surface area contributed by atoms with Crippen LogP contribution in [-0.4, -0.2) is 22.3 Å². The molecule has 0 unspecified atom stereocenters. The van der Waals surface area contributed by atoms with Gasteiger partial charge in [-0.2, -0.15) is 10.2 Å². The molecule has 0 aliphatic carbocycles. The minimum absolute atomic E-state index is 0.0387. The normalized spacial score (nSPS) is 11.1. The first-order chi connectivity index (χ1) is 13.5. The molecule has 140 valence electrons. The Balaban J connectivity index is 2.31. The first-order valence-electron chi connectivity index (χ1n) is 8.24. The number of amides is 1. The van der Waals surface area contributed by atoms with Crippen molar-refractivity contribution in [3.05, 3.63) is 74.7 Å². The molecular weight excluding hydrogens is 380 g/mol. The van der Waals surface area contributed by atoms with Crippen LogP contribution in [0.2, 0.25) is 5.02 Å². The zero-order valence-corrected chi connectivity index (χ0v) is 15.8. The summed E-state index contributed by atoms with van der Waals surface area (Å²) in [6.07, 6.45) is 2.72. The van der Waals surface area contributed by atoms with Crippen molar-refractivity contribution in [2.75, 3.05) is 7.05 Å². The summed E-state index contributed by atoms with van der Waals surface area (Å²) in [5.41, 5.74) is 0.379. The largest absolute Gasteiger partial charge is 0.437 e. The van der Waals surface area contributed by atoms with Gasteiger partial charge in [0.05, 0.1) is 5.02 Å². The van der Waals surface area contributed by atoms with Crippen molar-refractivity contribution in [1.82, 2.24) is 14.7 Å². The molecule has 3 rings (SSSR count). The van der Waals surface area contributed by atoms with Crippen molar-refractivity contribution in [2.24, 2.45) is 0 Å². The monoisotopic (exact) mass is 394 g/mol. The number of likely N-dealkylation sites (N-methyl/N-ethyl adjacent to an activating group) is 1. The van der Waals surface area contributed by atoms with E-state index in [9.17, 15) is 14.9 Å². The number of para-hydroxylation sites is 1. The Kier molecular flexibility index (Phi) is 5.43. The van der Waals surface area contributed by atoms with E-state index >= 15 is 0 Å². The zero-order chi connectivity index (χ0) is 20.3. The van der Waals surface area contributed by atoms with E-state index in [1.54, 1.807) is 42.6 Å². The number of aromatic nitrogens is 2. The molecule has 0 saturated carbocycles. The number of ether oxygens (including phenoxy) is 1. The summed E-state index contributed by atoms with van der Waals surface area (Å²) in [7, 11) is 1.39. The number of nitriles is 1. The molecule has 0 bridgehead atoms. The number of aryl methyl sites for hydroxylation is 1. The maximum atomic E-state index is 13.1. The first kappa shape index (κ1) is 19.1. The average Bonchev–Trinajstić information content (AvgIpc) is 2.70. The Morgan fingerprint density at radius 1 is 1.32 bits per heavy atom. The number of halogens is 1. The number of fused-ring (bicyclic) bond motifs is 1. The lowest BCUT2D eigenvalue weighted by Gasteiger charge is -2.12. The van der Waals surface area contributed by atoms with Crippen LogP contribution >= 0.6 is 11.6 Å². The Morgan fingerprint density at radius 2 is 2.07 bits per heavy atom. The molecule has 0 spiro atoms. The van der Waals surface area contributed by atoms with Crippen LogP contribution in [0, 0.1) is 18.3 Å². The number of pyridine rings is 1. The SMILES string of the molecule is CNC(=O)/C(C#N)=C/c1c(Oc2ccccc2Cl)nc2c(C)cccn2c1=O. The van der Waals surface area contributed by atoms with Gasteiger partial charge in [0, 0.05) is 13.2 Å². The molecule has 3 aromatic rings. The summed E-state index contributed by atoms with van der Waals surface area (Å²) in [5, 5.41) is 12.0. The lowest BCUT2D eigenvalue weighted by atomic mass is 10.1. The van der Waals surface area contributed by atoms with Crippen LogP contribution in [0.4, 0.5) is 0 Å². The Hall–Kier alpha value is -3.63. The number of nitrogens with one attached hydrogen (secondary N) is 1. The smallest absolute Gasteiger partial charge is 0.269 e. The number of benzene rings is 1. The van der Waals surface area contributed by atoms with Crippen LogP contribution in [0.25, 0.3) is 11.7 Å². The fraction of sp³-hybridized carbons (Fsp3) is 0.100. The van der Waals surface area contributed by atoms with Crippen LogP contribution in [-0.2, 0) is 4.79 Å². The second kappa shape index (κ2) is 7.94. The number of hydrogen-bond acceptors (Lipinski definition) is 5. The molecule has 1 amide bonds. The third kappa shape index (κ3) is 3.59. The Bertz CT molecular complexity index is 1210. The molecule has 2 heterocycles. The van der Waals surface area contributed by atoms with Crippen LogP contribution in [0.1, 0.15) is 11.1 Å². The lowest BCUT2D eigenvalue weighted by Crippen LogP contribution is -2.22. The molecule has 8 heteroatoms. The summed E-state index contributed by atoms with van der Waals surface area (Å²) in [6.45, 7) is 1.81. The van der Waals surface area contributed by atoms with Gasteiger partial charge in [-0.15, -0.1) is 0 Å². The molecule has 2 aromatic heterocycles. The quantitative estimate of drug-likeness (QED) is 0.541. The lowest BCUT2D eigenvalue weighted by molar-refractivity contribution is -0.116. The molecule has 0 saturated heterocycles. The molecule has 7 nitrogen and oxygen atoms in total. The Labute approximate surface area is 165 Å². The van der Waals surface area contributed by atoms with Gasteiger partial charge in [-0.05, 0) is 36.8 Å². The minimum atomic E-state index is -0.625. The van der Waals surface area contributed by atoms with Crippen molar-refractivity contribution in [3.63, 3.8) is 0 Å². The summed E-state index contributed by atoms with van der Waals surface area (Å²) in [5.74, 6) is -0.383. The maximum absolute atomic E-state index is 13.1. The predicted molar refractivity (Wildman–Crippen MR) is 105 cm³/mol. The molecule has 0 aliphatic rings. The van der Waals surface area contributed by atoms with Gasteiger partial charge in [0.2, 0.25) is 5.88 Å². The van der Waals surface area contributed by atoms with Gasteiger partial charge < -0.3 is 10.1 Å². The molecule has 1 N–H and O–H groups in total. The fourth-order valence-corrected chi connectivity index (χ4v) is 2.73. The highest BCUT2D eigenvalue weighted by molar-refractivity contribution is 6.32. The van der Waals surface area contributed by atoms with Crippen molar-refractivity contribution in [1.29, 1.82) is 5.26 Å². The molecule has 0 aliphatic heterocycles. The number of carbonyl (C=O) groups excluding carboxylic acids is 1. The highest BCUT2D eigenvalue weighted by Crippen LogP contribution is 2.30. The fourth-order valence-electron chi connectivity index (χ4n) is 2.55. The number of carbonyl (C=O) groups is 1. The van der Waals surface area contributed by atoms with E-state index < -0.39 is 11.5 Å². The van der Waals surface area contributed by atoms with E-state index in [0.29, 0.717) is 16.4 Å². The van der Waals surface area contributed by atoms with Crippen molar-refractivity contribution < 1.29 is 9.53 Å². The van der Waals surface area contributed by atoms with E-state index in [-0.39, 0.29) is 17.0 Å². The summed E-state index contributed by atoms with van der Waals surface area (Å²) in [6, 6.07) is 12.0. The van der Waals surface area contributed by atoms with Gasteiger partial charge in [-0.1, -0.05) is 29.8 Å². The highest BCUT2D eigenvalue weighted by Gasteiger charge is 2.18. The van der Waals surface area contributed by atoms with Crippen LogP contribution in [0.5, 0.6) is 11.6 Å². The second-order valence-corrected chi connectivity index (χ2v) is 6.21. The highest BCUT2D eigenvalue weighted by atomic mass is 35.5. The maximum Gasteiger partial charge on any atom is 0.269 e. The molecule has 0 radical (unpaired) electrons. The predicted octanol–water partition coefficient (Wildman–Crippen LogP) is 3.10. The van der Waals surface area contributed by atoms with Crippen LogP contribution in [0.15, 0.2) is 53.0 Å². The van der Waals surface area contributed by atoms with Gasteiger partial charge in [0.15, 0.2) is 0 Å². The van der Waals surface area contributed by atoms with Gasteiger partial charge in [-0.25, -0.2) is 0 Å². The van der Waals surface area contributed by atoms with Crippen LogP contribution < -0.4 is 15.6 Å². The second-order valence-electron chi connectivity index (χ2n) is 5.80. The minimum Gasteiger partial charge on any atom is -0.437 e. The molecule has 1 aromatic carbocycles. The molecule has 0 fully saturated rings. The molecule has 0 atom stereocenters. The Morgan fingerprint density at radius 3 is 2.75 bits per heavy atom. The average molecular weight is 395 g/mol. The van der Waals surface area contributed by atoms with Crippen molar-refractivity contribution in [3.8, 4) is 17.7 Å². The van der Waals surface area contributed by atoms with Crippen molar-refractivity contribution in [2.45, 2.75) is 6.92 Å². The number of rotatable bonds is 4. The summed E-state index contributed by atoms with van der Waals surface area (Å²) in [4.78, 5) is 29.4. The first-order valence-corrected chi connectivity index (χ1v) is 8.62. The van der Waals surface area contributed by atoms with Gasteiger partial charge in [0.1, 0.15) is 28.6 Å². The van der Waals surface area contributed by atoms with E-state index in [1.807, 2.05) is 13.0 Å². The summed E-state index contributed by atoms with van der Waals surface area (Å²) < 4.78 is 7.13. The van der Waals surface area contributed by atoms with Gasteiger partial charge in [0.25, 0.3) is 11.5 Å². The zero-order valence-electron chi connectivity index (χ0n) is 15.1. The van der Waals surface area contributed by atoms with Crippen LogP contribution in [0.3, 0.4) is 0 Å². The van der Waals surface area contributed by atoms with E-state index in [1.165, 1.54) is 11.4 Å². The standard InChI is InChI=1S/C20H15ClN4O3/c1-12-6-5-9-25-17(12)24-19(28-16-8-4-3-7-15(16)21)14(20(25)27)10-13(11-22)18(26)23-2/h3-10H,1-2H3,(H,23,26)/b13-10+. The van der Waals surface area contributed by atoms with Gasteiger partial charge in [-0.3, -0.25) is 14.0 Å². The number of nitrogens with zero attached hydrogens (tertiary/aromatic N) is 3. The number of hydrogen-bond donors (Lipinski definition) is 1. The topological polar surface area (TPSA) is 96.5 Å². The van der Waals surface area contributed by atoms with E-state index in [2.05, 4.69) is 10.3 Å². The van der Waals surface area contributed by atoms with E-state index in [4.69, 9.17) is 16.3 Å². The third-order valence-electron chi connectivity index (χ3n) is 3.97. The molecule has 28 heavy (non-hydrogen) atoms. The summed E-state index contributed by atoms with van der Waals surface area (Å²) >= 11 is 6.15. The van der Waals surface area contributed by atoms with E-state index in [0.717, 1.165) is 11.6 Å². The molecular formula is C20H15ClN4O3. The third-order valence-corrected chi connectivity index (χ3v) is 4.29. The van der Waals surface area contributed by atoms with Gasteiger partial charge >= 0.3 is 0 Å². The van der Waals surface area contributed by atoms with Crippen molar-refractivity contribution >= 4 is 29.2 Å².